The molecule has 5 heteroatoms. The van der Waals surface area contributed by atoms with Gasteiger partial charge in [0, 0.05) is 44.8 Å². The van der Waals surface area contributed by atoms with E-state index in [0.717, 1.165) is 44.7 Å². The maximum atomic E-state index is 13.5. The highest BCUT2D eigenvalue weighted by Crippen LogP contribution is 2.25. The minimum atomic E-state index is -0.171. The summed E-state index contributed by atoms with van der Waals surface area (Å²) in [5.74, 6) is 0.322. The molecule has 1 aromatic rings. The molecular weight excluding hydrogens is 327 g/mol. The van der Waals surface area contributed by atoms with Crippen molar-refractivity contribution >= 4 is 11.4 Å². The summed E-state index contributed by atoms with van der Waals surface area (Å²) in [6.45, 7) is 10.4. The first kappa shape index (κ1) is 19.1. The highest BCUT2D eigenvalue weighted by Gasteiger charge is 2.28. The molecule has 2 heterocycles. The average Bonchev–Trinajstić information content (AvgIpc) is 3.01. The van der Waals surface area contributed by atoms with E-state index in [1.165, 1.54) is 11.8 Å². The van der Waals surface area contributed by atoms with Crippen LogP contribution in [0.15, 0.2) is 41.4 Å². The molecule has 0 amide bonds. The summed E-state index contributed by atoms with van der Waals surface area (Å²) in [6, 6.07) is 6.90. The Kier molecular flexibility index (Phi) is 6.43. The summed E-state index contributed by atoms with van der Waals surface area (Å²) in [4.78, 5) is 9.66. The molecule has 1 fully saturated rings. The average molecular weight is 361 g/mol. The number of rotatable bonds is 7. The van der Waals surface area contributed by atoms with Gasteiger partial charge in [-0.2, -0.15) is 0 Å². The maximum Gasteiger partial charge on any atom is 0.125 e. The summed E-state index contributed by atoms with van der Waals surface area (Å²) < 4.78 is 13.5. The van der Waals surface area contributed by atoms with Gasteiger partial charge in [0.1, 0.15) is 12.0 Å². The van der Waals surface area contributed by atoms with Gasteiger partial charge in [-0.1, -0.05) is 26.0 Å². The van der Waals surface area contributed by atoms with Gasteiger partial charge in [0.15, 0.2) is 0 Å². The van der Waals surface area contributed by atoms with Crippen LogP contribution in [0, 0.1) is 11.7 Å². The molecule has 26 heavy (non-hydrogen) atoms. The molecular formula is C21H33FN4. The van der Waals surface area contributed by atoms with Crippen LogP contribution in [0.1, 0.15) is 35.0 Å². The Labute approximate surface area is 158 Å². The second-order valence-electron chi connectivity index (χ2n) is 7.15. The van der Waals surface area contributed by atoms with Crippen LogP contribution in [0.2, 0.25) is 0 Å². The molecule has 1 aromatic carbocycles. The van der Waals surface area contributed by atoms with Crippen molar-refractivity contribution in [2.75, 3.05) is 31.1 Å². The minimum absolute atomic E-state index is 0. The van der Waals surface area contributed by atoms with Gasteiger partial charge >= 0.3 is 0 Å². The lowest BCUT2D eigenvalue weighted by Gasteiger charge is -2.29. The van der Waals surface area contributed by atoms with E-state index in [2.05, 4.69) is 48.0 Å². The number of halogens is 1. The van der Waals surface area contributed by atoms with Gasteiger partial charge in [-0.05, 0) is 44.2 Å². The zero-order valence-electron chi connectivity index (χ0n) is 16.2. The zero-order valence-corrected chi connectivity index (χ0v) is 16.2. The molecule has 1 saturated heterocycles. The molecule has 0 radical (unpaired) electrons. The first-order valence-electron chi connectivity index (χ1n) is 9.87. The van der Waals surface area contributed by atoms with E-state index in [9.17, 15) is 4.39 Å². The largest absolute Gasteiger partial charge is 0.355 e. The molecule has 0 aromatic heterocycles. The van der Waals surface area contributed by atoms with Gasteiger partial charge < -0.3 is 4.90 Å². The Bertz CT molecular complexity index is 663. The molecule has 2 aliphatic rings. The molecule has 3 unspecified atom stereocenters. The fraction of sp³-hybridized carbons (Fsp3) is 0.571. The number of hydrogen-bond acceptors (Lipinski definition) is 4. The van der Waals surface area contributed by atoms with E-state index in [1.807, 2.05) is 6.07 Å². The highest BCUT2D eigenvalue weighted by atomic mass is 19.1. The minimum Gasteiger partial charge on any atom is -0.355 e. The quantitative estimate of drug-likeness (QED) is 0.800. The second-order valence-corrected chi connectivity index (χ2v) is 7.15. The Morgan fingerprint density at radius 3 is 2.88 bits per heavy atom. The van der Waals surface area contributed by atoms with Crippen LogP contribution in [0.3, 0.4) is 0 Å². The van der Waals surface area contributed by atoms with Crippen molar-refractivity contribution in [1.82, 2.24) is 10.2 Å². The molecule has 0 spiro atoms. The summed E-state index contributed by atoms with van der Waals surface area (Å²) in [5.41, 5.74) is 2.14. The number of hydrogen-bond donors (Lipinski definition) is 1. The van der Waals surface area contributed by atoms with Crippen molar-refractivity contribution in [3.05, 3.63) is 42.2 Å². The normalized spacial score (nSPS) is 26.4. The van der Waals surface area contributed by atoms with E-state index >= 15 is 0 Å². The van der Waals surface area contributed by atoms with Gasteiger partial charge in [0.25, 0.3) is 0 Å². The van der Waals surface area contributed by atoms with E-state index in [4.69, 9.17) is 4.99 Å². The van der Waals surface area contributed by atoms with Crippen molar-refractivity contribution in [2.45, 2.75) is 45.9 Å². The lowest BCUT2D eigenvalue weighted by molar-refractivity contribution is 0.278. The van der Waals surface area contributed by atoms with Crippen LogP contribution < -0.4 is 10.2 Å². The van der Waals surface area contributed by atoms with Crippen LogP contribution in [0.4, 0.5) is 10.1 Å². The fourth-order valence-corrected chi connectivity index (χ4v) is 3.93. The first-order valence-corrected chi connectivity index (χ1v) is 9.87. The molecule has 3 rings (SSSR count). The maximum absolute atomic E-state index is 13.5. The number of nitrogens with zero attached hydrogens (tertiary/aromatic N) is 3. The van der Waals surface area contributed by atoms with Crippen molar-refractivity contribution in [1.29, 1.82) is 0 Å². The lowest BCUT2D eigenvalue weighted by atomic mass is 9.98. The van der Waals surface area contributed by atoms with Crippen molar-refractivity contribution in [3.63, 3.8) is 0 Å². The molecule has 4 nitrogen and oxygen atoms in total. The Hall–Kier alpha value is -1.72. The number of nitrogens with one attached hydrogen (secondary N) is 1. The summed E-state index contributed by atoms with van der Waals surface area (Å²) in [5, 5.41) is 3.49. The van der Waals surface area contributed by atoms with Crippen LogP contribution in [-0.4, -0.2) is 49.1 Å². The monoisotopic (exact) mass is 360 g/mol. The third-order valence-corrected chi connectivity index (χ3v) is 5.53. The van der Waals surface area contributed by atoms with Gasteiger partial charge in [-0.15, -0.1) is 0 Å². The summed E-state index contributed by atoms with van der Waals surface area (Å²) in [6.07, 6.45) is 7.06. The Balaban J connectivity index is 0.00000261. The third-order valence-electron chi connectivity index (χ3n) is 5.53. The Morgan fingerprint density at radius 2 is 2.15 bits per heavy atom. The smallest absolute Gasteiger partial charge is 0.125 e. The molecule has 144 valence electrons. The Morgan fingerprint density at radius 1 is 1.31 bits per heavy atom. The van der Waals surface area contributed by atoms with Crippen LogP contribution in [0.5, 0.6) is 0 Å². The fourth-order valence-electron chi connectivity index (χ4n) is 3.93. The van der Waals surface area contributed by atoms with Crippen molar-refractivity contribution < 1.29 is 5.82 Å². The van der Waals surface area contributed by atoms with Gasteiger partial charge in [0.2, 0.25) is 0 Å². The summed E-state index contributed by atoms with van der Waals surface area (Å²) in [7, 11) is 0. The van der Waals surface area contributed by atoms with E-state index in [0.29, 0.717) is 5.92 Å². The summed E-state index contributed by atoms with van der Waals surface area (Å²) >= 11 is 0. The second kappa shape index (κ2) is 8.78. The topological polar surface area (TPSA) is 30.9 Å². The van der Waals surface area contributed by atoms with Crippen LogP contribution in [-0.2, 0) is 0 Å². The van der Waals surface area contributed by atoms with Gasteiger partial charge in [0.05, 0.1) is 6.17 Å². The zero-order chi connectivity index (χ0) is 18.5. The first-order chi connectivity index (χ1) is 12.6. The van der Waals surface area contributed by atoms with Crippen LogP contribution in [0.25, 0.3) is 0 Å². The number of benzene rings is 1. The van der Waals surface area contributed by atoms with Crippen LogP contribution >= 0.6 is 0 Å². The number of anilines is 1. The number of dihydropyridines is 1. The molecule has 0 saturated carbocycles. The van der Waals surface area contributed by atoms with E-state index < -0.39 is 0 Å². The molecule has 0 aliphatic carbocycles. The third kappa shape index (κ3) is 4.33. The lowest BCUT2D eigenvalue weighted by Crippen LogP contribution is -2.38. The molecule has 2 aliphatic heterocycles. The van der Waals surface area contributed by atoms with Gasteiger partial charge in [-0.3, -0.25) is 15.2 Å². The number of aliphatic imine (C=N–C) groups is 1. The van der Waals surface area contributed by atoms with Gasteiger partial charge in [-0.25, -0.2) is 4.39 Å². The molecule has 1 N–H and O–H groups in total. The van der Waals surface area contributed by atoms with Crippen molar-refractivity contribution in [3.8, 4) is 0 Å². The molecule has 3 atom stereocenters. The highest BCUT2D eigenvalue weighted by molar-refractivity contribution is 5.95. The number of allylic oxidation sites excluding steroid dienone is 1. The predicted octanol–water partition coefficient (Wildman–Crippen LogP) is 3.90. The SMILES string of the molecule is CCNC1N=C(CCN2CCN(c3cccc(F)c3)C2C)C=CC1CC.[HH]. The van der Waals surface area contributed by atoms with Crippen molar-refractivity contribution in [2.24, 2.45) is 10.9 Å². The van der Waals surface area contributed by atoms with E-state index in [-0.39, 0.29) is 19.6 Å². The predicted molar refractivity (Wildman–Crippen MR) is 109 cm³/mol. The standard InChI is InChI=1S/C21H31FN4.H2/c1-4-17-9-10-19(24-21(17)23-5-2)11-12-25-13-14-26(16(25)3)20-8-6-7-18(22)15-20;/h6-10,15-17,21,23H,4-5,11-14H2,1-3H3;1H. The van der Waals surface area contributed by atoms with E-state index in [1.54, 1.807) is 12.1 Å². The molecule has 0 bridgehead atoms.